The van der Waals surface area contributed by atoms with Gasteiger partial charge in [0.1, 0.15) is 72.5 Å². The van der Waals surface area contributed by atoms with Crippen LogP contribution in [0.3, 0.4) is 0 Å². The van der Waals surface area contributed by atoms with Crippen molar-refractivity contribution in [3.05, 3.63) is 36.0 Å². The molecule has 2 heterocycles. The summed E-state index contributed by atoms with van der Waals surface area (Å²) in [5.74, 6) is -12.6. The van der Waals surface area contributed by atoms with Crippen LogP contribution in [0.25, 0.3) is 10.9 Å². The standard InChI is InChI=1S/C67H112N20O16S2/c1-35(2)28-46(80-57(94)45(22-27-105-8)76-38(7)90)58(95)78-44(20-14-25-74-67(71)72)55(92)81-47(30-39-31-75-41-17-10-9-16-40(39)41)59(96)83-49(32-88)60(97)79-43(19-13-24-73-66(69)70)54(91)77-42(18-11-12-23-68)56(93)82-48(29-36(3)4)64(101)87-26-15-21-52(87)62(99)85-51(34-104)61(98)86-53(37(5)6)63(100)84-50(33-89)65(102)103/h9-10,16-17,31,35-37,42-53,75,88-89,104H,11-15,18-30,32-34,68H2,1-8H3,(H,76,90)(H,77,91)(H,78,95)(H,79,97)(H,80,94)(H,81,92)(H,82,93)(H,83,96)(H,84,100)(H,85,99)(H,86,98)(H,102,103)(H4,69,70,73)(H4,71,72,74)/t42-,43-,44-,45+,46-,47-,48-,49-,50-,51-,52-,53-/m0/s1. The first-order chi connectivity index (χ1) is 49.7. The van der Waals surface area contributed by atoms with E-state index in [4.69, 9.17) is 28.7 Å². The second-order valence-electron chi connectivity index (χ2n) is 26.9. The molecule has 1 aliphatic heterocycles. The zero-order chi connectivity index (χ0) is 78.6. The Balaban J connectivity index is 2.00. The van der Waals surface area contributed by atoms with E-state index < -0.39 is 168 Å². The van der Waals surface area contributed by atoms with Gasteiger partial charge >= 0.3 is 5.97 Å². The number of rotatable bonds is 48. The zero-order valence-electron chi connectivity index (χ0n) is 61.1. The van der Waals surface area contributed by atoms with Crippen molar-refractivity contribution in [1.82, 2.24) is 68.4 Å². The number of hydrogen-bond acceptors (Lipinski definition) is 20. The SMILES string of the molecule is CSCC[C@@H](NC(C)=O)C(=O)N[C@@H](CC(C)C)C(=O)N[C@@H](CCCN=C(N)N)C(=O)N[C@@H](Cc1c[nH]c2ccccc12)C(=O)N[C@@H](CO)C(=O)N[C@@H](CCCN=C(N)N)C(=O)N[C@@H](CCCCN)C(=O)N[C@@H](CC(C)C)C(=O)N1CCC[C@H]1C(=O)N[C@@H](CS)C(=O)N[C@H](C(=O)N[C@@H](CO)C(=O)O)C(C)C. The minimum absolute atomic E-state index is 0.0142. The molecule has 0 radical (unpaired) electrons. The normalized spacial score (nSPS) is 15.9. The average molecular weight is 1520 g/mol. The van der Waals surface area contributed by atoms with E-state index in [1.807, 2.05) is 20.1 Å². The van der Waals surface area contributed by atoms with Crippen molar-refractivity contribution < 1.29 is 77.6 Å². The molecule has 38 heteroatoms. The average Bonchev–Trinajstić information content (AvgIpc) is 1.72. The van der Waals surface area contributed by atoms with Crippen LogP contribution >= 0.6 is 24.4 Å². The highest BCUT2D eigenvalue weighted by molar-refractivity contribution is 7.98. The minimum Gasteiger partial charge on any atom is -0.480 e. The Hall–Kier alpha value is -9.01. The summed E-state index contributed by atoms with van der Waals surface area (Å²) in [6.07, 6.45) is 4.58. The van der Waals surface area contributed by atoms with Gasteiger partial charge in [0.05, 0.1) is 13.2 Å². The molecule has 1 aliphatic rings. The Bertz CT molecular complexity index is 3300. The molecule has 0 saturated carbocycles. The van der Waals surface area contributed by atoms with Gasteiger partial charge in [-0.1, -0.05) is 59.7 Å². The summed E-state index contributed by atoms with van der Waals surface area (Å²) in [4.78, 5) is 193. The number of aliphatic carboxylic acids is 1. The first kappa shape index (κ1) is 90.2. The smallest absolute Gasteiger partial charge is 0.328 e. The monoisotopic (exact) mass is 1520 g/mol. The second-order valence-corrected chi connectivity index (χ2v) is 28.2. The van der Waals surface area contributed by atoms with E-state index >= 15 is 0 Å². The lowest BCUT2D eigenvalue weighted by Crippen LogP contribution is -2.61. The fraction of sp³-hybridized carbons (Fsp3) is 0.657. The zero-order valence-corrected chi connectivity index (χ0v) is 62.8. The number of fused-ring (bicyclic) bond motifs is 1. The Morgan fingerprint density at radius 3 is 1.52 bits per heavy atom. The van der Waals surface area contributed by atoms with Crippen molar-refractivity contribution in [3.8, 4) is 0 Å². The van der Waals surface area contributed by atoms with Crippen molar-refractivity contribution in [1.29, 1.82) is 0 Å². The number of aliphatic hydroxyl groups is 2. The highest BCUT2D eigenvalue weighted by Crippen LogP contribution is 2.23. The number of aliphatic imine (C=N–C) groups is 2. The van der Waals surface area contributed by atoms with E-state index in [0.29, 0.717) is 35.1 Å². The predicted molar refractivity (Wildman–Crippen MR) is 399 cm³/mol. The molecular weight excluding hydrogens is 1400 g/mol. The fourth-order valence-electron chi connectivity index (χ4n) is 11.5. The number of nitrogens with one attached hydrogen (secondary N) is 12. The number of thioether (sulfide) groups is 1. The molecule has 588 valence electrons. The molecule has 36 nitrogen and oxygen atoms in total. The van der Waals surface area contributed by atoms with E-state index in [1.165, 1.54) is 23.6 Å². The van der Waals surface area contributed by atoms with Crippen LogP contribution in [-0.2, 0) is 68.7 Å². The molecule has 2 aromatic rings. The van der Waals surface area contributed by atoms with Crippen LogP contribution < -0.4 is 87.2 Å². The van der Waals surface area contributed by atoms with E-state index in [1.54, 1.807) is 58.2 Å². The quantitative estimate of drug-likeness (QED) is 0.0129. The van der Waals surface area contributed by atoms with E-state index in [2.05, 4.69) is 86.1 Å². The molecule has 3 rings (SSSR count). The number of likely N-dealkylation sites (tertiary alicyclic amines) is 1. The number of carbonyl (C=O) groups excluding carboxylic acids is 12. The molecule has 1 saturated heterocycles. The van der Waals surface area contributed by atoms with Crippen LogP contribution in [0.4, 0.5) is 0 Å². The number of hydrogen-bond donors (Lipinski definition) is 21. The van der Waals surface area contributed by atoms with Gasteiger partial charge in [-0.05, 0) is 125 Å². The molecular formula is C67H112N20O16S2. The lowest BCUT2D eigenvalue weighted by Gasteiger charge is -2.32. The van der Waals surface area contributed by atoms with Crippen LogP contribution in [0.1, 0.15) is 131 Å². The number of thiol groups is 1. The second kappa shape index (κ2) is 46.7. The molecule has 0 bridgehead atoms. The Morgan fingerprint density at radius 2 is 1.03 bits per heavy atom. The predicted octanol–water partition coefficient (Wildman–Crippen LogP) is -4.21. The number of aliphatic hydroxyl groups excluding tert-OH is 2. The first-order valence-corrected chi connectivity index (χ1v) is 37.2. The maximum atomic E-state index is 14.8. The Kier molecular flexibility index (Phi) is 40.2. The van der Waals surface area contributed by atoms with E-state index in [9.17, 15) is 77.6 Å². The number of carboxylic acids is 1. The van der Waals surface area contributed by atoms with Gasteiger partial charge in [-0.25, -0.2) is 4.79 Å². The van der Waals surface area contributed by atoms with Crippen molar-refractivity contribution in [2.75, 3.05) is 57.2 Å². The number of H-pyrrole nitrogens is 1. The van der Waals surface area contributed by atoms with Crippen molar-refractivity contribution in [2.24, 2.45) is 56.4 Å². The third kappa shape index (κ3) is 31.3. The Labute approximate surface area is 621 Å². The topological polar surface area (TPSA) is 589 Å². The number of nitrogens with zero attached hydrogens (tertiary/aromatic N) is 3. The molecule has 0 spiro atoms. The lowest BCUT2D eigenvalue weighted by molar-refractivity contribution is -0.144. The van der Waals surface area contributed by atoms with Gasteiger partial charge in [-0.3, -0.25) is 67.5 Å². The van der Waals surface area contributed by atoms with Gasteiger partial charge < -0.3 is 112 Å². The largest absolute Gasteiger partial charge is 0.480 e. The number of aromatic nitrogens is 1. The Morgan fingerprint density at radius 1 is 0.571 bits per heavy atom. The molecule has 105 heavy (non-hydrogen) atoms. The molecule has 0 unspecified atom stereocenters. The minimum atomic E-state index is -1.83. The molecule has 25 N–H and O–H groups in total. The number of aromatic amines is 1. The van der Waals surface area contributed by atoms with Gasteiger partial charge in [0.25, 0.3) is 0 Å². The van der Waals surface area contributed by atoms with Crippen molar-refractivity contribution in [3.63, 3.8) is 0 Å². The van der Waals surface area contributed by atoms with Gasteiger partial charge in [0.15, 0.2) is 11.9 Å². The maximum Gasteiger partial charge on any atom is 0.328 e. The highest BCUT2D eigenvalue weighted by Gasteiger charge is 2.42. The number of carboxylic acid groups (broad SMARTS) is 1. The molecule has 0 aliphatic carbocycles. The molecule has 12 atom stereocenters. The molecule has 1 aromatic carbocycles. The number of carbonyl (C=O) groups is 13. The highest BCUT2D eigenvalue weighted by atomic mass is 32.2. The summed E-state index contributed by atoms with van der Waals surface area (Å²) >= 11 is 5.71. The van der Waals surface area contributed by atoms with Crippen LogP contribution in [0.5, 0.6) is 0 Å². The molecule has 1 fully saturated rings. The van der Waals surface area contributed by atoms with Crippen LogP contribution in [0.2, 0.25) is 0 Å². The van der Waals surface area contributed by atoms with Crippen LogP contribution in [0, 0.1) is 17.8 Å². The van der Waals surface area contributed by atoms with Gasteiger partial charge in [-0.15, -0.1) is 0 Å². The lowest BCUT2D eigenvalue weighted by atomic mass is 10.0. The van der Waals surface area contributed by atoms with Gasteiger partial charge in [0, 0.05) is 55.8 Å². The summed E-state index contributed by atoms with van der Waals surface area (Å²) < 4.78 is 0. The first-order valence-electron chi connectivity index (χ1n) is 35.2. The van der Waals surface area contributed by atoms with Crippen molar-refractivity contribution >= 4 is 124 Å². The number of nitrogens with two attached hydrogens (primary N) is 5. The van der Waals surface area contributed by atoms with E-state index in [0.717, 1.165) is 0 Å². The van der Waals surface area contributed by atoms with Crippen LogP contribution in [-0.4, -0.2) is 244 Å². The van der Waals surface area contributed by atoms with Gasteiger partial charge in [-0.2, -0.15) is 24.4 Å². The van der Waals surface area contributed by atoms with E-state index in [-0.39, 0.29) is 126 Å². The summed E-state index contributed by atoms with van der Waals surface area (Å²) in [5, 5.41) is 59.0. The molecule has 1 aromatic heterocycles. The van der Waals surface area contributed by atoms with Gasteiger partial charge in [0.2, 0.25) is 70.9 Å². The summed E-state index contributed by atoms with van der Waals surface area (Å²) in [6, 6.07) is -9.61. The summed E-state index contributed by atoms with van der Waals surface area (Å²) in [6.45, 7) is 9.88. The maximum absolute atomic E-state index is 14.8. The third-order valence-corrected chi connectivity index (χ3v) is 18.0. The number of amides is 12. The number of guanidine groups is 2. The molecule has 12 amide bonds. The summed E-state index contributed by atoms with van der Waals surface area (Å²) in [7, 11) is 0. The number of benzene rings is 1. The number of unbranched alkanes of at least 4 members (excludes halogenated alkanes) is 1. The fourth-order valence-corrected chi connectivity index (χ4v) is 12.2. The van der Waals surface area contributed by atoms with Crippen LogP contribution in [0.15, 0.2) is 40.4 Å². The van der Waals surface area contributed by atoms with Crippen molar-refractivity contribution in [2.45, 2.75) is 204 Å². The third-order valence-electron chi connectivity index (χ3n) is 16.9. The number of para-hydroxylation sites is 1. The summed E-state index contributed by atoms with van der Waals surface area (Å²) in [5.41, 5.74) is 29.5.